The summed E-state index contributed by atoms with van der Waals surface area (Å²) in [6.07, 6.45) is 6.09. The maximum Gasteiger partial charge on any atom is 0.271 e. The number of thiophene rings is 1. The second-order valence-electron chi connectivity index (χ2n) is 8.87. The summed E-state index contributed by atoms with van der Waals surface area (Å²) < 4.78 is 8.61. The van der Waals surface area contributed by atoms with Crippen LogP contribution in [0.2, 0.25) is 0 Å². The van der Waals surface area contributed by atoms with Crippen molar-refractivity contribution in [3.05, 3.63) is 47.4 Å². The molecule has 158 valence electrons. The third-order valence-electron chi connectivity index (χ3n) is 6.86. The Hall–Kier alpha value is -2.54. The fourth-order valence-electron chi connectivity index (χ4n) is 4.93. The van der Waals surface area contributed by atoms with Gasteiger partial charge in [0.2, 0.25) is 5.91 Å². The van der Waals surface area contributed by atoms with E-state index < -0.39 is 5.54 Å². The summed E-state index contributed by atoms with van der Waals surface area (Å²) in [7, 11) is 0. The van der Waals surface area contributed by atoms with Crippen LogP contribution in [0, 0.1) is 5.92 Å². The van der Waals surface area contributed by atoms with E-state index in [1.165, 1.54) is 6.42 Å². The number of carbonyl (C=O) groups is 2. The van der Waals surface area contributed by atoms with Crippen molar-refractivity contribution in [2.75, 3.05) is 0 Å². The number of hydrogen-bond acceptors (Lipinski definition) is 4. The molecule has 0 saturated heterocycles. The Kier molecular flexibility index (Phi) is 4.73. The Morgan fingerprint density at radius 2 is 2.17 bits per heavy atom. The Morgan fingerprint density at radius 3 is 2.93 bits per heavy atom. The molecule has 1 aliphatic carbocycles. The largest absolute Gasteiger partial charge is 0.467 e. The molecule has 0 radical (unpaired) electrons. The van der Waals surface area contributed by atoms with E-state index in [4.69, 9.17) is 4.42 Å². The fourth-order valence-corrected chi connectivity index (χ4v) is 5.76. The van der Waals surface area contributed by atoms with Gasteiger partial charge in [-0.25, -0.2) is 0 Å². The second kappa shape index (κ2) is 7.30. The number of furan rings is 1. The highest BCUT2D eigenvalue weighted by molar-refractivity contribution is 7.17. The van der Waals surface area contributed by atoms with Crippen LogP contribution in [-0.4, -0.2) is 32.9 Å². The molecule has 6 nitrogen and oxygen atoms in total. The number of rotatable bonds is 4. The van der Waals surface area contributed by atoms with Crippen LogP contribution in [-0.2, 0) is 17.9 Å². The van der Waals surface area contributed by atoms with Crippen molar-refractivity contribution in [3.8, 4) is 0 Å². The van der Waals surface area contributed by atoms with Gasteiger partial charge in [-0.1, -0.05) is 19.8 Å². The molecule has 2 aliphatic rings. The fraction of sp³-hybridized carbons (Fsp3) is 0.478. The van der Waals surface area contributed by atoms with Crippen LogP contribution >= 0.6 is 11.3 Å². The van der Waals surface area contributed by atoms with Gasteiger partial charge in [-0.05, 0) is 55.3 Å². The summed E-state index contributed by atoms with van der Waals surface area (Å²) in [5.74, 6) is 0.921. The van der Waals surface area contributed by atoms with Gasteiger partial charge in [0.05, 0.1) is 29.6 Å². The van der Waals surface area contributed by atoms with Gasteiger partial charge >= 0.3 is 0 Å². The van der Waals surface area contributed by atoms with Crippen LogP contribution in [0.5, 0.6) is 0 Å². The number of aromatic nitrogens is 1. The Morgan fingerprint density at radius 1 is 1.33 bits per heavy atom. The molecule has 0 unspecified atom stereocenters. The molecular formula is C23H27N3O3S. The summed E-state index contributed by atoms with van der Waals surface area (Å²) in [4.78, 5) is 28.9. The van der Waals surface area contributed by atoms with Crippen LogP contribution in [0.4, 0.5) is 0 Å². The average Bonchev–Trinajstić information content (AvgIpc) is 3.45. The SMILES string of the molecule is C[C@@H]1CCCC[C@H]1NC(=O)[C@]1(C)Cn2c(cc3sccc32)C(=O)N1Cc1ccco1. The molecule has 1 saturated carbocycles. The summed E-state index contributed by atoms with van der Waals surface area (Å²) in [5, 5.41) is 5.33. The van der Waals surface area contributed by atoms with Crippen LogP contribution in [0.25, 0.3) is 10.2 Å². The topological polar surface area (TPSA) is 67.5 Å². The van der Waals surface area contributed by atoms with E-state index in [1.54, 1.807) is 22.5 Å². The van der Waals surface area contributed by atoms with Crippen LogP contribution in [0.15, 0.2) is 40.3 Å². The third-order valence-corrected chi connectivity index (χ3v) is 7.71. The highest BCUT2D eigenvalue weighted by atomic mass is 32.1. The molecule has 0 spiro atoms. The van der Waals surface area contributed by atoms with Crippen molar-refractivity contribution in [3.63, 3.8) is 0 Å². The van der Waals surface area contributed by atoms with Crippen LogP contribution in [0.1, 0.15) is 55.8 Å². The van der Waals surface area contributed by atoms with Gasteiger partial charge in [0.15, 0.2) is 0 Å². The third kappa shape index (κ3) is 3.07. The van der Waals surface area contributed by atoms with E-state index in [1.807, 2.05) is 41.1 Å². The molecular weight excluding hydrogens is 398 g/mol. The summed E-state index contributed by atoms with van der Waals surface area (Å²) >= 11 is 1.62. The molecule has 3 aromatic heterocycles. The van der Waals surface area contributed by atoms with E-state index in [9.17, 15) is 9.59 Å². The monoisotopic (exact) mass is 425 g/mol. The molecule has 4 heterocycles. The summed E-state index contributed by atoms with van der Waals surface area (Å²) in [6, 6.07) is 7.79. The molecule has 1 fully saturated rings. The first-order chi connectivity index (χ1) is 14.5. The van der Waals surface area contributed by atoms with Crippen molar-refractivity contribution >= 4 is 33.4 Å². The van der Waals surface area contributed by atoms with E-state index in [0.29, 0.717) is 23.9 Å². The molecule has 0 bridgehead atoms. The lowest BCUT2D eigenvalue weighted by Gasteiger charge is -2.45. The number of hydrogen-bond donors (Lipinski definition) is 1. The summed E-state index contributed by atoms with van der Waals surface area (Å²) in [6.45, 7) is 4.80. The first-order valence-corrected chi connectivity index (χ1v) is 11.6. The Bertz CT molecular complexity index is 1080. The second-order valence-corrected chi connectivity index (χ2v) is 9.82. The van der Waals surface area contributed by atoms with E-state index in [-0.39, 0.29) is 24.4 Å². The average molecular weight is 426 g/mol. The predicted molar refractivity (Wildman–Crippen MR) is 116 cm³/mol. The van der Waals surface area contributed by atoms with Crippen molar-refractivity contribution in [1.82, 2.24) is 14.8 Å². The number of fused-ring (bicyclic) bond motifs is 3. The number of nitrogens with zero attached hydrogens (tertiary/aromatic N) is 2. The van der Waals surface area contributed by atoms with Crippen LogP contribution in [0.3, 0.4) is 0 Å². The predicted octanol–water partition coefficient (Wildman–Crippen LogP) is 4.41. The van der Waals surface area contributed by atoms with Gasteiger partial charge in [0.1, 0.15) is 17.0 Å². The zero-order valence-corrected chi connectivity index (χ0v) is 18.2. The van der Waals surface area contributed by atoms with Gasteiger partial charge in [-0.15, -0.1) is 11.3 Å². The highest BCUT2D eigenvalue weighted by Crippen LogP contribution is 2.36. The van der Waals surface area contributed by atoms with Crippen molar-refractivity contribution in [2.24, 2.45) is 5.92 Å². The van der Waals surface area contributed by atoms with Gasteiger partial charge < -0.3 is 19.2 Å². The first kappa shape index (κ1) is 19.4. The molecule has 5 rings (SSSR count). The van der Waals surface area contributed by atoms with Gasteiger partial charge in [0.25, 0.3) is 5.91 Å². The standard InChI is InChI=1S/C23H27N3O3S/c1-15-6-3-4-8-17(15)24-22(28)23(2)14-25-18-9-11-30-20(18)12-19(25)21(27)26(23)13-16-7-5-10-29-16/h5,7,9-12,15,17H,3-4,6,8,13-14H2,1-2H3,(H,24,28)/t15-,17-,23+/m1/s1. The van der Waals surface area contributed by atoms with Crippen LogP contribution < -0.4 is 5.32 Å². The molecule has 7 heteroatoms. The molecule has 3 atom stereocenters. The van der Waals surface area contributed by atoms with Crippen molar-refractivity contribution in [2.45, 2.75) is 64.2 Å². The number of carbonyl (C=O) groups excluding carboxylic acids is 2. The molecule has 0 aromatic carbocycles. The quantitative estimate of drug-likeness (QED) is 0.673. The number of nitrogens with one attached hydrogen (secondary N) is 1. The first-order valence-electron chi connectivity index (χ1n) is 10.7. The zero-order valence-electron chi connectivity index (χ0n) is 17.4. The lowest BCUT2D eigenvalue weighted by Crippen LogP contribution is -2.65. The lowest BCUT2D eigenvalue weighted by atomic mass is 9.85. The van der Waals surface area contributed by atoms with Crippen molar-refractivity contribution in [1.29, 1.82) is 0 Å². The zero-order chi connectivity index (χ0) is 20.9. The molecule has 30 heavy (non-hydrogen) atoms. The minimum absolute atomic E-state index is 0.0797. The molecule has 3 aromatic rings. The minimum atomic E-state index is -0.998. The van der Waals surface area contributed by atoms with E-state index >= 15 is 0 Å². The summed E-state index contributed by atoms with van der Waals surface area (Å²) in [5.41, 5.74) is 0.660. The van der Waals surface area contributed by atoms with Gasteiger partial charge in [-0.2, -0.15) is 0 Å². The van der Waals surface area contributed by atoms with Crippen molar-refractivity contribution < 1.29 is 14.0 Å². The van der Waals surface area contributed by atoms with Gasteiger partial charge in [-0.3, -0.25) is 9.59 Å². The van der Waals surface area contributed by atoms with E-state index in [0.717, 1.165) is 29.5 Å². The van der Waals surface area contributed by atoms with Gasteiger partial charge in [0, 0.05) is 6.04 Å². The van der Waals surface area contributed by atoms with E-state index in [2.05, 4.69) is 12.2 Å². The molecule has 2 amide bonds. The smallest absolute Gasteiger partial charge is 0.271 e. The maximum absolute atomic E-state index is 13.7. The molecule has 1 N–H and O–H groups in total. The number of amides is 2. The maximum atomic E-state index is 13.7. The molecule has 1 aliphatic heterocycles. The Labute approximate surface area is 179 Å². The minimum Gasteiger partial charge on any atom is -0.467 e. The lowest BCUT2D eigenvalue weighted by molar-refractivity contribution is -0.134. The Balaban J connectivity index is 1.53. The highest BCUT2D eigenvalue weighted by Gasteiger charge is 2.48. The normalized spacial score (nSPS) is 26.7.